The molecule has 0 bridgehead atoms. The van der Waals surface area contributed by atoms with Gasteiger partial charge in [0.25, 0.3) is 5.56 Å². The zero-order chi connectivity index (χ0) is 12.4. The largest absolute Gasteiger partial charge is 0.506 e. The summed E-state index contributed by atoms with van der Waals surface area (Å²) in [4.78, 5) is 13.8. The smallest absolute Gasteiger partial charge is 0.252 e. The van der Waals surface area contributed by atoms with E-state index in [1.807, 2.05) is 13.0 Å². The fourth-order valence-electron chi connectivity index (χ4n) is 1.55. The monoisotopic (exact) mass is 249 g/mol. The van der Waals surface area contributed by atoms with Crippen LogP contribution >= 0.6 is 11.3 Å². The van der Waals surface area contributed by atoms with Gasteiger partial charge in [-0.05, 0) is 6.42 Å². The number of nitrogens with one attached hydrogen (secondary N) is 2. The number of pyridine rings is 1. The Kier molecular flexibility index (Phi) is 3.02. The summed E-state index contributed by atoms with van der Waals surface area (Å²) in [7, 11) is 0. The second-order valence-electron chi connectivity index (χ2n) is 3.57. The molecule has 0 aliphatic rings. The van der Waals surface area contributed by atoms with Gasteiger partial charge in [0.2, 0.25) is 0 Å². The lowest BCUT2D eigenvalue weighted by Crippen LogP contribution is -2.03. The third-order valence-electron chi connectivity index (χ3n) is 2.30. The first-order valence-electron chi connectivity index (χ1n) is 5.20. The molecule has 0 aliphatic heterocycles. The lowest BCUT2D eigenvalue weighted by atomic mass is 10.2. The molecule has 2 rings (SSSR count). The van der Waals surface area contributed by atoms with Crippen molar-refractivity contribution in [3.63, 3.8) is 0 Å². The van der Waals surface area contributed by atoms with Crippen LogP contribution in [0.4, 0.5) is 5.00 Å². The number of fused-ring (bicyclic) bond motifs is 1. The lowest BCUT2D eigenvalue weighted by Gasteiger charge is -1.99. The van der Waals surface area contributed by atoms with Crippen molar-refractivity contribution >= 4 is 26.6 Å². The molecule has 0 saturated carbocycles. The molecule has 0 amide bonds. The number of H-pyrrole nitrogens is 1. The highest BCUT2D eigenvalue weighted by atomic mass is 32.1. The first-order valence-corrected chi connectivity index (χ1v) is 6.01. The van der Waals surface area contributed by atoms with E-state index in [2.05, 4.69) is 10.3 Å². The van der Waals surface area contributed by atoms with Crippen molar-refractivity contribution in [1.29, 1.82) is 5.26 Å². The van der Waals surface area contributed by atoms with Crippen LogP contribution < -0.4 is 10.9 Å². The second kappa shape index (κ2) is 4.47. The van der Waals surface area contributed by atoms with Crippen molar-refractivity contribution in [2.45, 2.75) is 13.3 Å². The minimum absolute atomic E-state index is 0.0881. The number of aromatic nitrogens is 1. The summed E-state index contributed by atoms with van der Waals surface area (Å²) in [6.07, 6.45) is 0.932. The lowest BCUT2D eigenvalue weighted by molar-refractivity contribution is 0.481. The summed E-state index contributed by atoms with van der Waals surface area (Å²) in [6.45, 7) is 2.76. The van der Waals surface area contributed by atoms with Crippen LogP contribution in [0.2, 0.25) is 0 Å². The Morgan fingerprint density at radius 3 is 3.06 bits per heavy atom. The molecule has 88 valence electrons. The molecule has 5 nitrogen and oxygen atoms in total. The molecule has 0 unspecified atom stereocenters. The van der Waals surface area contributed by atoms with Gasteiger partial charge in [0.1, 0.15) is 22.4 Å². The predicted octanol–water partition coefficient (Wildman–Crippen LogP) is 1.99. The van der Waals surface area contributed by atoms with E-state index in [4.69, 9.17) is 5.26 Å². The average molecular weight is 249 g/mol. The van der Waals surface area contributed by atoms with Gasteiger partial charge in [-0.3, -0.25) is 4.79 Å². The number of hydrogen-bond donors (Lipinski definition) is 3. The maximum Gasteiger partial charge on any atom is 0.252 e. The quantitative estimate of drug-likeness (QED) is 0.776. The van der Waals surface area contributed by atoms with Crippen LogP contribution in [-0.4, -0.2) is 16.6 Å². The van der Waals surface area contributed by atoms with Gasteiger partial charge in [-0.25, -0.2) is 0 Å². The molecule has 0 spiro atoms. The molecule has 6 heteroatoms. The normalized spacial score (nSPS) is 10.4. The maximum atomic E-state index is 11.3. The third kappa shape index (κ3) is 1.97. The Balaban J connectivity index is 2.67. The van der Waals surface area contributed by atoms with Crippen molar-refractivity contribution in [3.05, 3.63) is 22.0 Å². The van der Waals surface area contributed by atoms with Crippen LogP contribution in [0.25, 0.3) is 10.2 Å². The molecular weight excluding hydrogens is 238 g/mol. The van der Waals surface area contributed by atoms with Gasteiger partial charge >= 0.3 is 0 Å². The number of nitriles is 1. The Bertz CT molecular complexity index is 651. The van der Waals surface area contributed by atoms with Crippen molar-refractivity contribution in [1.82, 2.24) is 4.98 Å². The molecule has 0 atom stereocenters. The van der Waals surface area contributed by atoms with Gasteiger partial charge in [-0.15, -0.1) is 11.3 Å². The molecule has 3 N–H and O–H groups in total. The van der Waals surface area contributed by atoms with Gasteiger partial charge in [-0.2, -0.15) is 5.26 Å². The number of nitrogens with zero attached hydrogens (tertiary/aromatic N) is 1. The minimum atomic E-state index is -0.411. The summed E-state index contributed by atoms with van der Waals surface area (Å²) in [5, 5.41) is 22.6. The highest BCUT2D eigenvalue weighted by Gasteiger charge is 2.15. The molecule has 2 heterocycles. The number of aromatic hydroxyl groups is 1. The summed E-state index contributed by atoms with van der Waals surface area (Å²) in [6, 6.07) is 3.16. The average Bonchev–Trinajstić information content (AvgIpc) is 2.64. The van der Waals surface area contributed by atoms with Crippen molar-refractivity contribution in [3.8, 4) is 11.8 Å². The van der Waals surface area contributed by atoms with Gasteiger partial charge < -0.3 is 15.4 Å². The topological polar surface area (TPSA) is 88.9 Å². The van der Waals surface area contributed by atoms with E-state index in [1.165, 1.54) is 11.3 Å². The minimum Gasteiger partial charge on any atom is -0.506 e. The molecule has 0 aliphatic carbocycles. The fourth-order valence-corrected chi connectivity index (χ4v) is 2.60. The number of thiophene rings is 1. The SMILES string of the molecule is CCCNc1sc2c(O)cc(=O)[nH]c2c1C#N. The molecular formula is C11H11N3O2S. The highest BCUT2D eigenvalue weighted by molar-refractivity contribution is 7.23. The van der Waals surface area contributed by atoms with E-state index in [9.17, 15) is 9.90 Å². The summed E-state index contributed by atoms with van der Waals surface area (Å²) in [5.74, 6) is -0.0881. The molecule has 0 aromatic carbocycles. The molecule has 17 heavy (non-hydrogen) atoms. The maximum absolute atomic E-state index is 11.3. The first kappa shape index (κ1) is 11.5. The van der Waals surface area contributed by atoms with Crippen LogP contribution in [-0.2, 0) is 0 Å². The summed E-state index contributed by atoms with van der Waals surface area (Å²) >= 11 is 1.27. The van der Waals surface area contributed by atoms with Crippen molar-refractivity contribution in [2.75, 3.05) is 11.9 Å². The molecule has 2 aromatic rings. The van der Waals surface area contributed by atoms with Crippen LogP contribution in [0.1, 0.15) is 18.9 Å². The van der Waals surface area contributed by atoms with Gasteiger partial charge in [-0.1, -0.05) is 6.92 Å². The highest BCUT2D eigenvalue weighted by Crippen LogP contribution is 2.37. The van der Waals surface area contributed by atoms with Crippen molar-refractivity contribution in [2.24, 2.45) is 0 Å². The zero-order valence-electron chi connectivity index (χ0n) is 9.20. The summed E-state index contributed by atoms with van der Waals surface area (Å²) < 4.78 is 0.528. The van der Waals surface area contributed by atoms with E-state index >= 15 is 0 Å². The van der Waals surface area contributed by atoms with E-state index in [0.29, 0.717) is 20.8 Å². The Labute approximate surface area is 101 Å². The number of hydrogen-bond acceptors (Lipinski definition) is 5. The first-order chi connectivity index (χ1) is 8.17. The van der Waals surface area contributed by atoms with Crippen LogP contribution in [0.5, 0.6) is 5.75 Å². The fraction of sp³-hybridized carbons (Fsp3) is 0.273. The van der Waals surface area contributed by atoms with E-state index in [1.54, 1.807) is 0 Å². The van der Waals surface area contributed by atoms with Gasteiger partial charge in [0.05, 0.1) is 10.2 Å². The molecule has 0 fully saturated rings. The Hall–Kier alpha value is -2.00. The Morgan fingerprint density at radius 2 is 2.41 bits per heavy atom. The van der Waals surface area contributed by atoms with E-state index < -0.39 is 5.56 Å². The van der Waals surface area contributed by atoms with E-state index in [-0.39, 0.29) is 5.75 Å². The molecule has 2 aromatic heterocycles. The van der Waals surface area contributed by atoms with E-state index in [0.717, 1.165) is 19.0 Å². The van der Waals surface area contributed by atoms with Crippen LogP contribution in [0.15, 0.2) is 10.9 Å². The van der Waals surface area contributed by atoms with Crippen LogP contribution in [0, 0.1) is 11.3 Å². The number of rotatable bonds is 3. The Morgan fingerprint density at radius 1 is 1.65 bits per heavy atom. The van der Waals surface area contributed by atoms with Gasteiger partial charge in [0.15, 0.2) is 0 Å². The second-order valence-corrected chi connectivity index (χ2v) is 4.59. The number of anilines is 1. The van der Waals surface area contributed by atoms with Crippen molar-refractivity contribution < 1.29 is 5.11 Å². The summed E-state index contributed by atoms with van der Waals surface area (Å²) in [5.41, 5.74) is 0.374. The standard InChI is InChI=1S/C11H11N3O2S/c1-2-3-13-11-6(5-12)9-10(17-11)7(15)4-8(16)14-9/h4,13H,2-3H2,1H3,(H2,14,15,16). The molecule has 0 radical (unpaired) electrons. The molecule has 0 saturated heterocycles. The van der Waals surface area contributed by atoms with Gasteiger partial charge in [0, 0.05) is 12.6 Å². The predicted molar refractivity (Wildman–Crippen MR) is 67.6 cm³/mol. The number of aromatic amines is 1. The zero-order valence-corrected chi connectivity index (χ0v) is 10.0. The van der Waals surface area contributed by atoms with Crippen LogP contribution in [0.3, 0.4) is 0 Å². The third-order valence-corrected chi connectivity index (χ3v) is 3.47.